The van der Waals surface area contributed by atoms with Gasteiger partial charge in [0.25, 0.3) is 5.91 Å². The Kier molecular flexibility index (Phi) is 8.07. The van der Waals surface area contributed by atoms with Crippen LogP contribution in [0.1, 0.15) is 85.2 Å². The van der Waals surface area contributed by atoms with Crippen molar-refractivity contribution in [3.8, 4) is 17.1 Å². The van der Waals surface area contributed by atoms with E-state index in [1.54, 1.807) is 30.5 Å². The van der Waals surface area contributed by atoms with E-state index in [-0.39, 0.29) is 11.8 Å². The van der Waals surface area contributed by atoms with E-state index < -0.39 is 11.5 Å². The second-order valence-electron chi connectivity index (χ2n) is 12.7. The van der Waals surface area contributed by atoms with Crippen LogP contribution in [0, 0.1) is 0 Å². The minimum atomic E-state index is -1.02. The van der Waals surface area contributed by atoms with Crippen LogP contribution in [0.4, 0.5) is 5.69 Å². The number of hydrogen-bond donors (Lipinski definition) is 3. The van der Waals surface area contributed by atoms with E-state index in [1.807, 2.05) is 18.2 Å². The van der Waals surface area contributed by atoms with Gasteiger partial charge in [-0.25, -0.2) is 9.78 Å². The molecule has 2 saturated carbocycles. The lowest BCUT2D eigenvalue weighted by molar-refractivity contribution is -0.131. The molecular weight excluding hydrogens is 580 g/mol. The summed E-state index contributed by atoms with van der Waals surface area (Å²) in [5.74, 6) is -0.449. The maximum Gasteiger partial charge on any atom is 0.328 e. The fourth-order valence-corrected chi connectivity index (χ4v) is 7.54. The quantitative estimate of drug-likeness (QED) is 0.193. The van der Waals surface area contributed by atoms with Crippen LogP contribution in [-0.4, -0.2) is 44.6 Å². The smallest absolute Gasteiger partial charge is 0.328 e. The van der Waals surface area contributed by atoms with E-state index in [9.17, 15) is 14.4 Å². The normalized spacial score (nSPS) is 17.6. The van der Waals surface area contributed by atoms with E-state index in [4.69, 9.17) is 9.84 Å². The summed E-state index contributed by atoms with van der Waals surface area (Å²) in [4.78, 5) is 43.0. The van der Waals surface area contributed by atoms with Crippen LogP contribution < -0.4 is 15.4 Å². The molecule has 2 fully saturated rings. The van der Waals surface area contributed by atoms with Gasteiger partial charge >= 0.3 is 5.97 Å². The summed E-state index contributed by atoms with van der Waals surface area (Å²) in [5, 5.41) is 16.2. The molecule has 2 amide bonds. The number of aromatic nitrogens is 2. The van der Waals surface area contributed by atoms with Crippen molar-refractivity contribution in [2.75, 3.05) is 11.9 Å². The predicted molar refractivity (Wildman–Crippen MR) is 177 cm³/mol. The van der Waals surface area contributed by atoms with Crippen molar-refractivity contribution >= 4 is 40.4 Å². The third kappa shape index (κ3) is 5.66. The van der Waals surface area contributed by atoms with E-state index >= 15 is 0 Å². The van der Waals surface area contributed by atoms with E-state index in [0.29, 0.717) is 54.6 Å². The van der Waals surface area contributed by atoms with Gasteiger partial charge < -0.3 is 25.0 Å². The average Bonchev–Trinajstić information content (AvgIpc) is 3.62. The molecule has 9 nitrogen and oxygen atoms in total. The van der Waals surface area contributed by atoms with Gasteiger partial charge in [0, 0.05) is 34.4 Å². The standard InChI is InChI=1S/C37H38N4O5/c42-31(43)17-12-24-10-14-27(15-11-24)39-36(45)37(18-4-5-19-37)40-34(44)26-13-16-28-30(23-26)41-21-22-46-35-29(9-6-20-38-35)33(41)32(28)25-7-2-1-3-8-25/h6,9-17,20,23,25H,1-5,7-8,18-19,21-22H2,(H,39,45)(H,40,44)(H,42,43)/b17-12+. The highest BCUT2D eigenvalue weighted by molar-refractivity contribution is 6.06. The minimum absolute atomic E-state index is 0.245. The number of amides is 2. The molecule has 2 aromatic carbocycles. The van der Waals surface area contributed by atoms with Crippen LogP contribution in [0.15, 0.2) is 66.9 Å². The Morgan fingerprint density at radius 1 is 0.978 bits per heavy atom. The molecule has 7 rings (SSSR count). The van der Waals surface area contributed by atoms with Crippen molar-refractivity contribution in [3.05, 3.63) is 83.6 Å². The van der Waals surface area contributed by atoms with Gasteiger partial charge in [0.15, 0.2) is 0 Å². The molecule has 2 aliphatic carbocycles. The van der Waals surface area contributed by atoms with E-state index in [2.05, 4.69) is 32.3 Å². The number of pyridine rings is 1. The number of carboxylic acids is 1. The molecule has 0 spiro atoms. The summed E-state index contributed by atoms with van der Waals surface area (Å²) in [6, 6.07) is 17.0. The molecule has 3 heterocycles. The second kappa shape index (κ2) is 12.5. The first kappa shape index (κ1) is 29.8. The van der Waals surface area contributed by atoms with Crippen LogP contribution in [0.25, 0.3) is 28.2 Å². The van der Waals surface area contributed by atoms with Crippen molar-refractivity contribution < 1.29 is 24.2 Å². The molecule has 4 aromatic rings. The number of aliphatic carboxylic acids is 1. The average molecular weight is 619 g/mol. The monoisotopic (exact) mass is 618 g/mol. The first-order valence-electron chi connectivity index (χ1n) is 16.3. The Bertz CT molecular complexity index is 1830. The van der Waals surface area contributed by atoms with Gasteiger partial charge in [-0.15, -0.1) is 0 Å². The number of carbonyl (C=O) groups excluding carboxylic acids is 2. The summed E-state index contributed by atoms with van der Waals surface area (Å²) < 4.78 is 8.38. The summed E-state index contributed by atoms with van der Waals surface area (Å²) in [5.41, 5.74) is 5.28. The fourth-order valence-electron chi connectivity index (χ4n) is 7.54. The van der Waals surface area contributed by atoms with Crippen LogP contribution >= 0.6 is 0 Å². The number of ether oxygens (including phenoxy) is 1. The minimum Gasteiger partial charge on any atom is -0.478 e. The summed E-state index contributed by atoms with van der Waals surface area (Å²) in [7, 11) is 0. The number of benzene rings is 2. The molecule has 3 aliphatic rings. The molecule has 0 unspecified atom stereocenters. The van der Waals surface area contributed by atoms with Crippen molar-refractivity contribution in [2.45, 2.75) is 75.8 Å². The van der Waals surface area contributed by atoms with Gasteiger partial charge in [0.1, 0.15) is 12.1 Å². The Morgan fingerprint density at radius 3 is 2.52 bits per heavy atom. The summed E-state index contributed by atoms with van der Waals surface area (Å²) in [6.45, 7) is 1.14. The lowest BCUT2D eigenvalue weighted by Gasteiger charge is -2.29. The second-order valence-corrected chi connectivity index (χ2v) is 12.7. The largest absolute Gasteiger partial charge is 0.478 e. The van der Waals surface area contributed by atoms with Crippen molar-refractivity contribution in [3.63, 3.8) is 0 Å². The number of nitrogens with one attached hydrogen (secondary N) is 2. The third-order valence-electron chi connectivity index (χ3n) is 9.79. The Morgan fingerprint density at radius 2 is 1.76 bits per heavy atom. The molecule has 0 radical (unpaired) electrons. The molecule has 0 saturated heterocycles. The summed E-state index contributed by atoms with van der Waals surface area (Å²) in [6.07, 6.45) is 13.1. The van der Waals surface area contributed by atoms with Crippen molar-refractivity contribution in [1.82, 2.24) is 14.9 Å². The Balaban J connectivity index is 1.19. The maximum absolute atomic E-state index is 13.9. The van der Waals surface area contributed by atoms with Gasteiger partial charge in [-0.05, 0) is 85.2 Å². The van der Waals surface area contributed by atoms with Crippen LogP contribution in [0.3, 0.4) is 0 Å². The van der Waals surface area contributed by atoms with Gasteiger partial charge in [-0.2, -0.15) is 0 Å². The maximum atomic E-state index is 13.9. The van der Waals surface area contributed by atoms with Gasteiger partial charge in [0.05, 0.1) is 17.8 Å². The molecule has 0 atom stereocenters. The van der Waals surface area contributed by atoms with Crippen LogP contribution in [0.5, 0.6) is 5.88 Å². The number of anilines is 1. The van der Waals surface area contributed by atoms with Crippen molar-refractivity contribution in [1.29, 1.82) is 0 Å². The number of hydrogen-bond acceptors (Lipinski definition) is 5. The highest BCUT2D eigenvalue weighted by Gasteiger charge is 2.43. The first-order chi connectivity index (χ1) is 22.4. The number of fused-ring (bicyclic) bond motifs is 5. The van der Waals surface area contributed by atoms with E-state index in [1.165, 1.54) is 36.3 Å². The zero-order valence-electron chi connectivity index (χ0n) is 25.8. The highest BCUT2D eigenvalue weighted by Crippen LogP contribution is 2.46. The van der Waals surface area contributed by atoms with Crippen molar-refractivity contribution in [2.24, 2.45) is 0 Å². The third-order valence-corrected chi connectivity index (χ3v) is 9.79. The van der Waals surface area contributed by atoms with Gasteiger partial charge in [-0.1, -0.05) is 50.3 Å². The summed E-state index contributed by atoms with van der Waals surface area (Å²) >= 11 is 0. The molecular formula is C37H38N4O5. The predicted octanol–water partition coefficient (Wildman–Crippen LogP) is 6.92. The topological polar surface area (TPSA) is 123 Å². The Labute approximate surface area is 267 Å². The zero-order valence-corrected chi connectivity index (χ0v) is 25.8. The molecule has 46 heavy (non-hydrogen) atoms. The van der Waals surface area contributed by atoms with Crippen LogP contribution in [-0.2, 0) is 16.1 Å². The molecule has 2 aromatic heterocycles. The zero-order chi connectivity index (χ0) is 31.7. The molecule has 0 bridgehead atoms. The van der Waals surface area contributed by atoms with Gasteiger partial charge in [-0.3, -0.25) is 9.59 Å². The molecule has 1 aliphatic heterocycles. The number of rotatable bonds is 7. The molecule has 3 N–H and O–H groups in total. The Hall–Kier alpha value is -4.92. The molecule has 236 valence electrons. The van der Waals surface area contributed by atoms with Gasteiger partial charge in [0.2, 0.25) is 11.8 Å². The first-order valence-corrected chi connectivity index (χ1v) is 16.3. The van der Waals surface area contributed by atoms with E-state index in [0.717, 1.165) is 48.5 Å². The molecule has 9 heteroatoms. The fraction of sp³-hybridized carbons (Fsp3) is 0.351. The number of nitrogens with zero attached hydrogens (tertiary/aromatic N) is 2. The van der Waals surface area contributed by atoms with Crippen LogP contribution in [0.2, 0.25) is 0 Å². The SMILES string of the molecule is O=C(O)/C=C/c1ccc(NC(=O)C2(NC(=O)c3ccc4c(C5CCCCC5)c5n(c4c3)CCOc3ncccc3-5)CCCC2)cc1. The highest BCUT2D eigenvalue weighted by atomic mass is 16.5. The lowest BCUT2D eigenvalue weighted by atomic mass is 9.82. The number of carboxylic acid groups (broad SMARTS) is 1. The lowest BCUT2D eigenvalue weighted by Crippen LogP contribution is -2.55. The number of carbonyl (C=O) groups is 3.